The van der Waals surface area contributed by atoms with E-state index in [9.17, 15) is 8.78 Å². The van der Waals surface area contributed by atoms with Gasteiger partial charge in [-0.1, -0.05) is 23.8 Å². The molecule has 0 spiro atoms. The van der Waals surface area contributed by atoms with Crippen molar-refractivity contribution in [2.45, 2.75) is 39.3 Å². The van der Waals surface area contributed by atoms with Crippen molar-refractivity contribution in [3.63, 3.8) is 0 Å². The third-order valence-corrected chi connectivity index (χ3v) is 4.22. The zero-order valence-corrected chi connectivity index (χ0v) is 16.8. The molecule has 1 aliphatic carbocycles. The topological polar surface area (TPSA) is 59.6 Å². The number of alkyl halides is 2. The number of guanidine groups is 1. The zero-order valence-electron chi connectivity index (χ0n) is 14.5. The summed E-state index contributed by atoms with van der Waals surface area (Å²) in [4.78, 5) is 4.25. The summed E-state index contributed by atoms with van der Waals surface area (Å²) in [6.07, 6.45) is 3.39. The van der Waals surface area contributed by atoms with Gasteiger partial charge in [-0.15, -0.1) is 24.0 Å². The van der Waals surface area contributed by atoms with Gasteiger partial charge in [-0.25, -0.2) is 4.99 Å². The maximum Gasteiger partial charge on any atom is 0.387 e. The minimum atomic E-state index is -2.87. The average molecular weight is 473 g/mol. The summed E-state index contributed by atoms with van der Waals surface area (Å²) in [6.45, 7) is -0.828. The Bertz CT molecular complexity index is 796. The molecule has 2 aromatic rings. The molecule has 0 fully saturated rings. The van der Waals surface area contributed by atoms with Gasteiger partial charge in [0.25, 0.3) is 0 Å². The smallest absolute Gasteiger partial charge is 0.387 e. The quantitative estimate of drug-likeness (QED) is 0.378. The van der Waals surface area contributed by atoms with Gasteiger partial charge in [-0.3, -0.25) is 0 Å². The number of nitrogens with two attached hydrogens (primary N) is 1. The summed E-state index contributed by atoms with van der Waals surface area (Å²) in [5.74, 6) is 0.358. The maximum absolute atomic E-state index is 12.5. The molecule has 3 N–H and O–H groups in total. The summed E-state index contributed by atoms with van der Waals surface area (Å²) in [5.41, 5.74) is 11.1. The van der Waals surface area contributed by atoms with Crippen molar-refractivity contribution in [1.29, 1.82) is 0 Å². The molecule has 140 valence electrons. The number of aryl methyl sites for hydroxylation is 3. The molecule has 0 atom stereocenters. The minimum absolute atomic E-state index is 0. The van der Waals surface area contributed by atoms with Crippen LogP contribution >= 0.6 is 24.0 Å². The fourth-order valence-corrected chi connectivity index (χ4v) is 3.05. The third kappa shape index (κ3) is 5.30. The normalized spacial score (nSPS) is 13.3. The molecule has 0 radical (unpaired) electrons. The SMILES string of the molecule is Cc1ccc(OC(F)F)c(CN=C(N)Nc2ccc3c(c2)CCC3)c1.I. The number of nitrogens with one attached hydrogen (secondary N) is 1. The Balaban J connectivity index is 0.00000243. The highest BCUT2D eigenvalue weighted by molar-refractivity contribution is 14.0. The highest BCUT2D eigenvalue weighted by Crippen LogP contribution is 2.25. The summed E-state index contributed by atoms with van der Waals surface area (Å²) in [7, 11) is 0. The van der Waals surface area contributed by atoms with E-state index in [1.54, 1.807) is 12.1 Å². The number of aliphatic imine (C=N–C) groups is 1. The lowest BCUT2D eigenvalue weighted by Gasteiger charge is -2.11. The summed E-state index contributed by atoms with van der Waals surface area (Å²) < 4.78 is 29.5. The van der Waals surface area contributed by atoms with Crippen LogP contribution in [0.4, 0.5) is 14.5 Å². The lowest BCUT2D eigenvalue weighted by molar-refractivity contribution is -0.0504. The standard InChI is InChI=1S/C19H21F2N3O.HI/c1-12-5-8-17(25-18(20)21)15(9-12)11-23-19(22)24-16-7-6-13-3-2-4-14(13)10-16;/h5-10,18H,2-4,11H2,1H3,(H3,22,23,24);1H. The van der Waals surface area contributed by atoms with E-state index in [1.165, 1.54) is 23.6 Å². The number of fused-ring (bicyclic) bond motifs is 1. The number of rotatable bonds is 5. The number of anilines is 1. The number of benzene rings is 2. The molecule has 0 unspecified atom stereocenters. The largest absolute Gasteiger partial charge is 0.434 e. The van der Waals surface area contributed by atoms with E-state index < -0.39 is 6.61 Å². The van der Waals surface area contributed by atoms with Gasteiger partial charge in [0.1, 0.15) is 5.75 Å². The second-order valence-electron chi connectivity index (χ2n) is 6.15. The second kappa shape index (κ2) is 9.16. The second-order valence-corrected chi connectivity index (χ2v) is 6.15. The average Bonchev–Trinajstić information content (AvgIpc) is 3.02. The van der Waals surface area contributed by atoms with Crippen LogP contribution in [-0.2, 0) is 19.4 Å². The van der Waals surface area contributed by atoms with Gasteiger partial charge in [-0.2, -0.15) is 8.78 Å². The summed E-state index contributed by atoms with van der Waals surface area (Å²) >= 11 is 0. The van der Waals surface area contributed by atoms with Crippen molar-refractivity contribution < 1.29 is 13.5 Å². The molecular weight excluding hydrogens is 451 g/mol. The van der Waals surface area contributed by atoms with E-state index >= 15 is 0 Å². The Morgan fingerprint density at radius 1 is 1.19 bits per heavy atom. The molecule has 7 heteroatoms. The van der Waals surface area contributed by atoms with Crippen molar-refractivity contribution in [3.05, 3.63) is 58.7 Å². The summed E-state index contributed by atoms with van der Waals surface area (Å²) in [5, 5.41) is 3.06. The molecule has 0 saturated carbocycles. The molecule has 0 aromatic heterocycles. The fraction of sp³-hybridized carbons (Fsp3) is 0.316. The van der Waals surface area contributed by atoms with E-state index in [4.69, 9.17) is 5.73 Å². The third-order valence-electron chi connectivity index (χ3n) is 4.22. The molecule has 0 heterocycles. The molecule has 0 amide bonds. The van der Waals surface area contributed by atoms with Gasteiger partial charge in [-0.05, 0) is 55.5 Å². The molecular formula is C19H22F2IN3O. The van der Waals surface area contributed by atoms with E-state index in [2.05, 4.69) is 27.2 Å². The lowest BCUT2D eigenvalue weighted by Crippen LogP contribution is -2.22. The number of hydrogen-bond donors (Lipinski definition) is 2. The van der Waals surface area contributed by atoms with Crippen LogP contribution in [0.5, 0.6) is 5.75 Å². The van der Waals surface area contributed by atoms with Gasteiger partial charge < -0.3 is 15.8 Å². The van der Waals surface area contributed by atoms with E-state index in [1.807, 2.05) is 13.0 Å². The lowest BCUT2D eigenvalue weighted by atomic mass is 10.1. The predicted molar refractivity (Wildman–Crippen MR) is 111 cm³/mol. The number of halogens is 3. The van der Waals surface area contributed by atoms with Crippen molar-refractivity contribution in [3.8, 4) is 5.75 Å². The van der Waals surface area contributed by atoms with Crippen LogP contribution in [-0.4, -0.2) is 12.6 Å². The van der Waals surface area contributed by atoms with Gasteiger partial charge >= 0.3 is 6.61 Å². The molecule has 4 nitrogen and oxygen atoms in total. The van der Waals surface area contributed by atoms with Gasteiger partial charge in [0.15, 0.2) is 5.96 Å². The van der Waals surface area contributed by atoms with Crippen LogP contribution in [0, 0.1) is 6.92 Å². The van der Waals surface area contributed by atoms with Gasteiger partial charge in [0.2, 0.25) is 0 Å². The van der Waals surface area contributed by atoms with Crippen LogP contribution in [0.2, 0.25) is 0 Å². The first kappa shape index (κ1) is 20.4. The first-order valence-corrected chi connectivity index (χ1v) is 8.24. The van der Waals surface area contributed by atoms with E-state index in [-0.39, 0.29) is 42.2 Å². The van der Waals surface area contributed by atoms with Crippen LogP contribution in [0.25, 0.3) is 0 Å². The molecule has 0 aliphatic heterocycles. The first-order valence-electron chi connectivity index (χ1n) is 8.24. The van der Waals surface area contributed by atoms with Crippen LogP contribution in [0.15, 0.2) is 41.4 Å². The van der Waals surface area contributed by atoms with Crippen molar-refractivity contribution in [2.24, 2.45) is 10.7 Å². The van der Waals surface area contributed by atoms with E-state index in [0.29, 0.717) is 5.56 Å². The van der Waals surface area contributed by atoms with Crippen molar-refractivity contribution >= 4 is 35.6 Å². The Hall–Kier alpha value is -1.90. The molecule has 3 rings (SSSR count). The van der Waals surface area contributed by atoms with Crippen LogP contribution in [0.1, 0.15) is 28.7 Å². The number of ether oxygens (including phenoxy) is 1. The summed E-state index contributed by atoms with van der Waals surface area (Å²) in [6, 6.07) is 11.2. The zero-order chi connectivity index (χ0) is 17.8. The van der Waals surface area contributed by atoms with Crippen molar-refractivity contribution in [2.75, 3.05) is 5.32 Å². The molecule has 1 aliphatic rings. The molecule has 2 aromatic carbocycles. The number of nitrogens with zero attached hydrogens (tertiary/aromatic N) is 1. The molecule has 26 heavy (non-hydrogen) atoms. The number of hydrogen-bond acceptors (Lipinski definition) is 2. The Kier molecular flexibility index (Phi) is 7.19. The van der Waals surface area contributed by atoms with Crippen LogP contribution < -0.4 is 15.8 Å². The van der Waals surface area contributed by atoms with E-state index in [0.717, 1.165) is 24.1 Å². The highest BCUT2D eigenvalue weighted by Gasteiger charge is 2.12. The predicted octanol–water partition coefficient (Wildman–Crippen LogP) is 4.63. The minimum Gasteiger partial charge on any atom is -0.434 e. The molecule has 0 bridgehead atoms. The van der Waals surface area contributed by atoms with Crippen molar-refractivity contribution in [1.82, 2.24) is 0 Å². The highest BCUT2D eigenvalue weighted by atomic mass is 127. The fourth-order valence-electron chi connectivity index (χ4n) is 3.05. The first-order chi connectivity index (χ1) is 12.0. The monoisotopic (exact) mass is 473 g/mol. The van der Waals surface area contributed by atoms with Gasteiger partial charge in [0.05, 0.1) is 6.54 Å². The Morgan fingerprint density at radius 2 is 1.96 bits per heavy atom. The van der Waals surface area contributed by atoms with Gasteiger partial charge in [0, 0.05) is 11.3 Å². The molecule has 0 saturated heterocycles. The Labute approximate surface area is 168 Å². The maximum atomic E-state index is 12.5. The Morgan fingerprint density at radius 3 is 2.73 bits per heavy atom. The van der Waals surface area contributed by atoms with Crippen LogP contribution in [0.3, 0.4) is 0 Å².